The fourth-order valence-electron chi connectivity index (χ4n) is 3.82. The van der Waals surface area contributed by atoms with E-state index in [1.54, 1.807) is 12.1 Å². The molecule has 1 aromatic rings. The second-order valence-electron chi connectivity index (χ2n) is 5.96. The van der Waals surface area contributed by atoms with Crippen LogP contribution in [0.5, 0.6) is 0 Å². The van der Waals surface area contributed by atoms with Gasteiger partial charge in [-0.15, -0.1) is 0 Å². The average molecular weight is 258 g/mol. The number of nitriles is 1. The zero-order chi connectivity index (χ0) is 13.2. The lowest BCUT2D eigenvalue weighted by atomic mass is 9.89. The van der Waals surface area contributed by atoms with Gasteiger partial charge >= 0.3 is 0 Å². The third-order valence-corrected chi connectivity index (χ3v) is 4.81. The first kappa shape index (κ1) is 12.6. The molecule has 2 fully saturated rings. The molecular formula is C16H19FN2. The van der Waals surface area contributed by atoms with E-state index in [4.69, 9.17) is 5.26 Å². The van der Waals surface area contributed by atoms with Crippen molar-refractivity contribution in [1.29, 1.82) is 5.26 Å². The van der Waals surface area contributed by atoms with Gasteiger partial charge in [-0.3, -0.25) is 0 Å². The molecule has 2 nitrogen and oxygen atoms in total. The van der Waals surface area contributed by atoms with Crippen molar-refractivity contribution in [2.45, 2.75) is 32.2 Å². The second kappa shape index (κ2) is 5.30. The first-order valence-electron chi connectivity index (χ1n) is 7.16. The maximum atomic E-state index is 13.9. The van der Waals surface area contributed by atoms with Crippen LogP contribution < -0.4 is 5.32 Å². The number of rotatable bonds is 4. The van der Waals surface area contributed by atoms with Gasteiger partial charge in [0.25, 0.3) is 0 Å². The van der Waals surface area contributed by atoms with Crippen LogP contribution in [0.25, 0.3) is 0 Å². The van der Waals surface area contributed by atoms with Crippen LogP contribution in [0.15, 0.2) is 18.2 Å². The van der Waals surface area contributed by atoms with E-state index in [1.165, 1.54) is 31.7 Å². The molecule has 2 bridgehead atoms. The van der Waals surface area contributed by atoms with Crippen LogP contribution in [0, 0.1) is 34.9 Å². The Morgan fingerprint density at radius 2 is 2.21 bits per heavy atom. The molecule has 2 aliphatic carbocycles. The Morgan fingerprint density at radius 1 is 1.32 bits per heavy atom. The molecule has 1 N–H and O–H groups in total. The van der Waals surface area contributed by atoms with Crippen molar-refractivity contribution in [3.8, 4) is 6.07 Å². The van der Waals surface area contributed by atoms with Crippen LogP contribution in [0.4, 0.5) is 4.39 Å². The van der Waals surface area contributed by atoms with Crippen molar-refractivity contribution < 1.29 is 4.39 Å². The Bertz CT molecular complexity index is 506. The minimum absolute atomic E-state index is 0.138. The summed E-state index contributed by atoms with van der Waals surface area (Å²) < 4.78 is 13.9. The first-order valence-corrected chi connectivity index (χ1v) is 7.16. The second-order valence-corrected chi connectivity index (χ2v) is 5.96. The molecule has 1 aromatic carbocycles. The minimum Gasteiger partial charge on any atom is -0.312 e. The van der Waals surface area contributed by atoms with E-state index >= 15 is 0 Å². The molecule has 0 radical (unpaired) electrons. The third kappa shape index (κ3) is 2.50. The smallest absolute Gasteiger partial charge is 0.145 e. The summed E-state index contributed by atoms with van der Waals surface area (Å²) in [6.07, 6.45) is 5.55. The topological polar surface area (TPSA) is 35.8 Å². The van der Waals surface area contributed by atoms with Crippen LogP contribution in [0.3, 0.4) is 0 Å². The van der Waals surface area contributed by atoms with E-state index in [0.29, 0.717) is 12.1 Å². The number of halogens is 1. The van der Waals surface area contributed by atoms with Gasteiger partial charge in [0.15, 0.2) is 0 Å². The standard InChI is InChI=1S/C16H19FN2/c17-16-13(8-18)2-1-3-14(16)9-19-10-15-7-11-4-5-12(15)6-11/h1-3,11-12,15,19H,4-7,9-10H2. The van der Waals surface area contributed by atoms with E-state index in [9.17, 15) is 4.39 Å². The quantitative estimate of drug-likeness (QED) is 0.900. The Balaban J connectivity index is 1.54. The predicted molar refractivity (Wildman–Crippen MR) is 71.8 cm³/mol. The van der Waals surface area contributed by atoms with Crippen molar-refractivity contribution >= 4 is 0 Å². The molecule has 0 spiro atoms. The van der Waals surface area contributed by atoms with E-state index in [-0.39, 0.29) is 11.4 Å². The van der Waals surface area contributed by atoms with Crippen LogP contribution in [0.2, 0.25) is 0 Å². The molecule has 3 heteroatoms. The van der Waals surface area contributed by atoms with Crippen molar-refractivity contribution in [2.24, 2.45) is 17.8 Å². The zero-order valence-corrected chi connectivity index (χ0v) is 11.0. The highest BCUT2D eigenvalue weighted by molar-refractivity contribution is 5.34. The monoisotopic (exact) mass is 258 g/mol. The van der Waals surface area contributed by atoms with E-state index in [1.807, 2.05) is 6.07 Å². The lowest BCUT2D eigenvalue weighted by Crippen LogP contribution is -2.26. The Morgan fingerprint density at radius 3 is 2.89 bits per heavy atom. The van der Waals surface area contributed by atoms with Crippen molar-refractivity contribution in [3.05, 3.63) is 35.1 Å². The molecule has 19 heavy (non-hydrogen) atoms. The molecule has 3 unspecified atom stereocenters. The van der Waals surface area contributed by atoms with Gasteiger partial charge in [-0.1, -0.05) is 18.6 Å². The van der Waals surface area contributed by atoms with Gasteiger partial charge < -0.3 is 5.32 Å². The average Bonchev–Trinajstić information content (AvgIpc) is 3.03. The molecule has 100 valence electrons. The molecule has 0 aliphatic heterocycles. The van der Waals surface area contributed by atoms with Gasteiger partial charge in [0, 0.05) is 12.1 Å². The van der Waals surface area contributed by atoms with Gasteiger partial charge in [0.1, 0.15) is 11.9 Å². The van der Waals surface area contributed by atoms with Gasteiger partial charge in [-0.25, -0.2) is 4.39 Å². The van der Waals surface area contributed by atoms with Gasteiger partial charge in [0.2, 0.25) is 0 Å². The maximum absolute atomic E-state index is 13.9. The number of hydrogen-bond donors (Lipinski definition) is 1. The molecular weight excluding hydrogens is 239 g/mol. The third-order valence-electron chi connectivity index (χ3n) is 4.81. The minimum atomic E-state index is -0.370. The highest BCUT2D eigenvalue weighted by atomic mass is 19.1. The summed E-state index contributed by atoms with van der Waals surface area (Å²) in [5.74, 6) is 2.26. The SMILES string of the molecule is N#Cc1cccc(CNCC2CC3CCC2C3)c1F. The number of hydrogen-bond acceptors (Lipinski definition) is 2. The van der Waals surface area contributed by atoms with E-state index < -0.39 is 0 Å². The lowest BCUT2D eigenvalue weighted by Gasteiger charge is -2.22. The predicted octanol–water partition coefficient (Wildman–Crippen LogP) is 3.22. The zero-order valence-electron chi connectivity index (χ0n) is 11.0. The van der Waals surface area contributed by atoms with E-state index in [0.717, 1.165) is 24.3 Å². The molecule has 3 rings (SSSR count). The van der Waals surface area contributed by atoms with Crippen LogP contribution in [-0.2, 0) is 6.54 Å². The summed E-state index contributed by atoms with van der Waals surface area (Å²) in [5, 5.41) is 12.2. The Labute approximate surface area is 113 Å². The largest absolute Gasteiger partial charge is 0.312 e. The Kier molecular flexibility index (Phi) is 3.52. The van der Waals surface area contributed by atoms with Crippen molar-refractivity contribution in [3.63, 3.8) is 0 Å². The normalized spacial score (nSPS) is 28.5. The maximum Gasteiger partial charge on any atom is 0.145 e. The summed E-state index contributed by atoms with van der Waals surface area (Å²) >= 11 is 0. The fourth-order valence-corrected chi connectivity index (χ4v) is 3.82. The summed E-state index contributed by atoms with van der Waals surface area (Å²) in [7, 11) is 0. The summed E-state index contributed by atoms with van der Waals surface area (Å²) in [4.78, 5) is 0. The summed E-state index contributed by atoms with van der Waals surface area (Å²) in [6.45, 7) is 1.51. The van der Waals surface area contributed by atoms with Crippen molar-refractivity contribution in [1.82, 2.24) is 5.32 Å². The van der Waals surface area contributed by atoms with Crippen LogP contribution >= 0.6 is 0 Å². The molecule has 3 atom stereocenters. The molecule has 0 aromatic heterocycles. The van der Waals surface area contributed by atoms with E-state index in [2.05, 4.69) is 5.32 Å². The lowest BCUT2D eigenvalue weighted by molar-refractivity contribution is 0.318. The molecule has 0 amide bonds. The van der Waals surface area contributed by atoms with Gasteiger partial charge in [0.05, 0.1) is 5.56 Å². The fraction of sp³-hybridized carbons (Fsp3) is 0.562. The highest BCUT2D eigenvalue weighted by Crippen LogP contribution is 2.47. The summed E-state index contributed by atoms with van der Waals surface area (Å²) in [6, 6.07) is 6.91. The van der Waals surface area contributed by atoms with Gasteiger partial charge in [-0.05, 0) is 49.6 Å². The number of nitrogens with one attached hydrogen (secondary N) is 1. The van der Waals surface area contributed by atoms with Crippen molar-refractivity contribution in [2.75, 3.05) is 6.54 Å². The van der Waals surface area contributed by atoms with Gasteiger partial charge in [-0.2, -0.15) is 5.26 Å². The Hall–Kier alpha value is -1.40. The summed E-state index contributed by atoms with van der Waals surface area (Å²) in [5.41, 5.74) is 0.737. The molecule has 2 aliphatic rings. The molecule has 0 heterocycles. The number of nitrogens with zero attached hydrogens (tertiary/aromatic N) is 1. The van der Waals surface area contributed by atoms with Crippen LogP contribution in [0.1, 0.15) is 36.8 Å². The number of fused-ring (bicyclic) bond motifs is 2. The highest BCUT2D eigenvalue weighted by Gasteiger charge is 2.38. The van der Waals surface area contributed by atoms with Crippen LogP contribution in [-0.4, -0.2) is 6.54 Å². The molecule has 0 saturated heterocycles. The number of benzene rings is 1. The molecule has 2 saturated carbocycles. The first-order chi connectivity index (χ1) is 9.28.